The lowest BCUT2D eigenvalue weighted by Gasteiger charge is -2.26. The van der Waals surface area contributed by atoms with Crippen LogP contribution in [0.2, 0.25) is 0 Å². The van der Waals surface area contributed by atoms with Crippen LogP contribution in [0.5, 0.6) is 0 Å². The van der Waals surface area contributed by atoms with Crippen LogP contribution in [0, 0.1) is 5.92 Å². The molecule has 2 saturated heterocycles. The van der Waals surface area contributed by atoms with E-state index in [9.17, 15) is 4.79 Å². The maximum Gasteiger partial charge on any atom is 0.240 e. The average molecular weight is 242 g/mol. The molecule has 2 heterocycles. The summed E-state index contributed by atoms with van der Waals surface area (Å²) in [6, 6.07) is 0. The second kappa shape index (κ2) is 5.41. The summed E-state index contributed by atoms with van der Waals surface area (Å²) in [4.78, 5) is 12.0. The second-order valence-corrected chi connectivity index (χ2v) is 6.35. The van der Waals surface area contributed by atoms with E-state index in [1.54, 1.807) is 0 Å². The fraction of sp³-hybridized carbons (Fsp3) is 0.917. The molecule has 92 valence electrons. The molecule has 2 rings (SSSR count). The van der Waals surface area contributed by atoms with E-state index < -0.39 is 0 Å². The van der Waals surface area contributed by atoms with Crippen LogP contribution < -0.4 is 10.6 Å². The molecule has 1 unspecified atom stereocenters. The molecule has 4 heteroatoms. The van der Waals surface area contributed by atoms with Gasteiger partial charge in [0.1, 0.15) is 0 Å². The van der Waals surface area contributed by atoms with Gasteiger partial charge in [-0.25, -0.2) is 0 Å². The lowest BCUT2D eigenvalue weighted by molar-refractivity contribution is -0.126. The van der Waals surface area contributed by atoms with E-state index in [0.29, 0.717) is 5.92 Å². The molecule has 0 aromatic rings. The molecule has 0 aromatic carbocycles. The first-order chi connectivity index (χ1) is 7.71. The summed E-state index contributed by atoms with van der Waals surface area (Å²) in [5, 5.41) is 6.43. The zero-order chi connectivity index (χ0) is 11.4. The summed E-state index contributed by atoms with van der Waals surface area (Å²) in [5.41, 5.74) is -0.302. The van der Waals surface area contributed by atoms with Crippen molar-refractivity contribution < 1.29 is 4.79 Å². The van der Waals surface area contributed by atoms with Gasteiger partial charge >= 0.3 is 0 Å². The molecular weight excluding hydrogens is 220 g/mol. The van der Waals surface area contributed by atoms with Crippen molar-refractivity contribution in [3.8, 4) is 0 Å². The van der Waals surface area contributed by atoms with Gasteiger partial charge in [0.25, 0.3) is 0 Å². The minimum atomic E-state index is -0.302. The minimum absolute atomic E-state index is 0.197. The van der Waals surface area contributed by atoms with Gasteiger partial charge in [0, 0.05) is 6.54 Å². The fourth-order valence-electron chi connectivity index (χ4n) is 2.47. The van der Waals surface area contributed by atoms with Crippen molar-refractivity contribution in [3.05, 3.63) is 0 Å². The Morgan fingerprint density at radius 1 is 1.50 bits per heavy atom. The molecule has 0 saturated carbocycles. The van der Waals surface area contributed by atoms with Crippen molar-refractivity contribution in [1.29, 1.82) is 0 Å². The Morgan fingerprint density at radius 3 is 2.88 bits per heavy atom. The number of carbonyl (C=O) groups excluding carboxylic acids is 1. The molecule has 3 nitrogen and oxygen atoms in total. The molecule has 0 aliphatic carbocycles. The Balaban J connectivity index is 1.74. The second-order valence-electron chi connectivity index (χ2n) is 5.13. The van der Waals surface area contributed by atoms with Crippen LogP contribution in [0.15, 0.2) is 0 Å². The van der Waals surface area contributed by atoms with E-state index in [4.69, 9.17) is 0 Å². The van der Waals surface area contributed by atoms with E-state index in [0.717, 1.165) is 25.9 Å². The van der Waals surface area contributed by atoms with Crippen molar-refractivity contribution >= 4 is 17.7 Å². The molecule has 0 bridgehead atoms. The van der Waals surface area contributed by atoms with Crippen LogP contribution in [-0.4, -0.2) is 36.0 Å². The summed E-state index contributed by atoms with van der Waals surface area (Å²) in [6.07, 6.45) is 4.60. The highest BCUT2D eigenvalue weighted by molar-refractivity contribution is 7.99. The van der Waals surface area contributed by atoms with Gasteiger partial charge in [-0.15, -0.1) is 0 Å². The normalized spacial score (nSPS) is 31.6. The Kier molecular flexibility index (Phi) is 4.14. The number of amides is 1. The van der Waals surface area contributed by atoms with Crippen molar-refractivity contribution in [2.45, 2.75) is 38.1 Å². The van der Waals surface area contributed by atoms with Gasteiger partial charge < -0.3 is 10.6 Å². The number of carbonyl (C=O) groups is 1. The van der Waals surface area contributed by atoms with Crippen LogP contribution >= 0.6 is 11.8 Å². The molecule has 2 fully saturated rings. The van der Waals surface area contributed by atoms with Gasteiger partial charge in [0.05, 0.1) is 5.54 Å². The largest absolute Gasteiger partial charge is 0.354 e. The van der Waals surface area contributed by atoms with E-state index in [-0.39, 0.29) is 11.4 Å². The molecule has 2 aliphatic heterocycles. The first-order valence-electron chi connectivity index (χ1n) is 6.32. The SMILES string of the molecule is CC1(C(=O)NCC2CCSCC2)CCCN1. The van der Waals surface area contributed by atoms with Crippen molar-refractivity contribution in [2.24, 2.45) is 5.92 Å². The molecule has 16 heavy (non-hydrogen) atoms. The highest BCUT2D eigenvalue weighted by atomic mass is 32.2. The Bertz CT molecular complexity index is 245. The third-order valence-electron chi connectivity index (χ3n) is 3.76. The quantitative estimate of drug-likeness (QED) is 0.786. The smallest absolute Gasteiger partial charge is 0.240 e. The first-order valence-corrected chi connectivity index (χ1v) is 7.47. The minimum Gasteiger partial charge on any atom is -0.354 e. The van der Waals surface area contributed by atoms with E-state index >= 15 is 0 Å². The number of thioether (sulfide) groups is 1. The predicted molar refractivity (Wildman–Crippen MR) is 68.7 cm³/mol. The summed E-state index contributed by atoms with van der Waals surface area (Å²) < 4.78 is 0. The van der Waals surface area contributed by atoms with Crippen molar-refractivity contribution in [2.75, 3.05) is 24.6 Å². The zero-order valence-electron chi connectivity index (χ0n) is 10.1. The third kappa shape index (κ3) is 2.92. The van der Waals surface area contributed by atoms with Gasteiger partial charge in [-0.2, -0.15) is 11.8 Å². The lowest BCUT2D eigenvalue weighted by Crippen LogP contribution is -2.52. The topological polar surface area (TPSA) is 41.1 Å². The van der Waals surface area contributed by atoms with Gasteiger partial charge in [-0.3, -0.25) is 4.79 Å². The van der Waals surface area contributed by atoms with Gasteiger partial charge in [-0.05, 0) is 56.6 Å². The third-order valence-corrected chi connectivity index (χ3v) is 4.81. The molecule has 0 aromatic heterocycles. The number of hydrogen-bond donors (Lipinski definition) is 2. The standard InChI is InChI=1S/C12H22N2OS/c1-12(5-2-6-14-12)11(15)13-9-10-3-7-16-8-4-10/h10,14H,2-9H2,1H3,(H,13,15). The summed E-state index contributed by atoms with van der Waals surface area (Å²) >= 11 is 2.03. The molecule has 1 atom stereocenters. The van der Waals surface area contributed by atoms with Crippen LogP contribution in [-0.2, 0) is 4.79 Å². The molecule has 0 spiro atoms. The molecule has 0 radical (unpaired) electrons. The van der Waals surface area contributed by atoms with Crippen molar-refractivity contribution in [1.82, 2.24) is 10.6 Å². The molecule has 1 amide bonds. The monoisotopic (exact) mass is 242 g/mol. The fourth-order valence-corrected chi connectivity index (χ4v) is 3.68. The number of rotatable bonds is 3. The maximum absolute atomic E-state index is 12.0. The average Bonchev–Trinajstić information content (AvgIpc) is 2.76. The molecular formula is C12H22N2OS. The van der Waals surface area contributed by atoms with E-state index in [2.05, 4.69) is 10.6 Å². The lowest BCUT2D eigenvalue weighted by atomic mass is 9.98. The highest BCUT2D eigenvalue weighted by Gasteiger charge is 2.35. The first kappa shape index (κ1) is 12.2. The van der Waals surface area contributed by atoms with Gasteiger partial charge in [0.2, 0.25) is 5.91 Å². The molecule has 2 N–H and O–H groups in total. The van der Waals surface area contributed by atoms with Gasteiger partial charge in [-0.1, -0.05) is 0 Å². The highest BCUT2D eigenvalue weighted by Crippen LogP contribution is 2.23. The number of nitrogens with one attached hydrogen (secondary N) is 2. The van der Waals surface area contributed by atoms with Gasteiger partial charge in [0.15, 0.2) is 0 Å². The Hall–Kier alpha value is -0.220. The summed E-state index contributed by atoms with van der Waals surface area (Å²) in [6.45, 7) is 3.87. The zero-order valence-corrected chi connectivity index (χ0v) is 10.9. The summed E-state index contributed by atoms with van der Waals surface area (Å²) in [7, 11) is 0. The Morgan fingerprint density at radius 2 is 2.25 bits per heavy atom. The predicted octanol–water partition coefficient (Wildman–Crippen LogP) is 1.39. The van der Waals surface area contributed by atoms with Crippen molar-refractivity contribution in [3.63, 3.8) is 0 Å². The molecule has 2 aliphatic rings. The maximum atomic E-state index is 12.0. The van der Waals surface area contributed by atoms with Crippen LogP contribution in [0.4, 0.5) is 0 Å². The van der Waals surface area contributed by atoms with E-state index in [1.807, 2.05) is 18.7 Å². The van der Waals surface area contributed by atoms with E-state index in [1.165, 1.54) is 24.3 Å². The summed E-state index contributed by atoms with van der Waals surface area (Å²) in [5.74, 6) is 3.42. The van der Waals surface area contributed by atoms with Crippen LogP contribution in [0.3, 0.4) is 0 Å². The van der Waals surface area contributed by atoms with Crippen LogP contribution in [0.25, 0.3) is 0 Å². The van der Waals surface area contributed by atoms with Crippen LogP contribution in [0.1, 0.15) is 32.6 Å². The number of hydrogen-bond acceptors (Lipinski definition) is 3. The Labute approximate surface area is 102 Å².